The maximum absolute atomic E-state index is 10.6. The number of hydrogen-bond donors (Lipinski definition) is 2. The van der Waals surface area contributed by atoms with Crippen LogP contribution in [0.5, 0.6) is 0 Å². The number of urea groups is 2. The van der Waals surface area contributed by atoms with Crippen molar-refractivity contribution in [3.8, 4) is 0 Å². The lowest BCUT2D eigenvalue weighted by Gasteiger charge is -2.22. The minimum absolute atomic E-state index is 0.0521. The van der Waals surface area contributed by atoms with Gasteiger partial charge >= 0.3 is 12.1 Å². The molecule has 6 heteroatoms. The van der Waals surface area contributed by atoms with Crippen LogP contribution < -0.4 is 10.6 Å². The van der Waals surface area contributed by atoms with Crippen LogP contribution in [0.1, 0.15) is 12.8 Å². The van der Waals surface area contributed by atoms with Crippen LogP contribution in [-0.2, 0) is 0 Å². The Bertz CT molecular complexity index is 231. The third-order valence-electron chi connectivity index (χ3n) is 2.59. The zero-order valence-corrected chi connectivity index (χ0v) is 9.95. The molecule has 0 unspecified atom stereocenters. The SMILES string of the molecule is CN1CCCNC1=O.CN1CCCNC1=O. The molecule has 2 rings (SSSR count). The second-order valence-corrected chi connectivity index (χ2v) is 4.01. The van der Waals surface area contributed by atoms with E-state index in [1.807, 2.05) is 0 Å². The van der Waals surface area contributed by atoms with E-state index >= 15 is 0 Å². The van der Waals surface area contributed by atoms with Crippen LogP contribution >= 0.6 is 0 Å². The fraction of sp³-hybridized carbons (Fsp3) is 0.800. The number of nitrogens with zero attached hydrogens (tertiary/aromatic N) is 2. The molecular weight excluding hydrogens is 208 g/mol. The highest BCUT2D eigenvalue weighted by Gasteiger charge is 2.11. The first-order valence-electron chi connectivity index (χ1n) is 5.59. The van der Waals surface area contributed by atoms with Crippen LogP contribution in [0.25, 0.3) is 0 Å². The Labute approximate surface area is 96.0 Å². The number of nitrogens with one attached hydrogen (secondary N) is 2. The molecule has 0 spiro atoms. The first kappa shape index (κ1) is 12.6. The van der Waals surface area contributed by atoms with Crippen molar-refractivity contribution < 1.29 is 9.59 Å². The van der Waals surface area contributed by atoms with Gasteiger partial charge in [-0.2, -0.15) is 0 Å². The number of carbonyl (C=O) groups is 2. The Morgan fingerprint density at radius 2 is 1.25 bits per heavy atom. The molecule has 2 fully saturated rings. The maximum atomic E-state index is 10.6. The second-order valence-electron chi connectivity index (χ2n) is 4.01. The Morgan fingerprint density at radius 3 is 1.44 bits per heavy atom. The number of carbonyl (C=O) groups excluding carboxylic acids is 2. The third-order valence-corrected chi connectivity index (χ3v) is 2.59. The fourth-order valence-electron chi connectivity index (χ4n) is 1.50. The molecule has 2 heterocycles. The highest BCUT2D eigenvalue weighted by atomic mass is 16.2. The summed E-state index contributed by atoms with van der Waals surface area (Å²) >= 11 is 0. The van der Waals surface area contributed by atoms with Crippen LogP contribution in [0.2, 0.25) is 0 Å². The van der Waals surface area contributed by atoms with Gasteiger partial charge in [-0.05, 0) is 12.8 Å². The quantitative estimate of drug-likeness (QED) is 0.616. The van der Waals surface area contributed by atoms with E-state index in [-0.39, 0.29) is 12.1 Å². The molecule has 92 valence electrons. The molecule has 2 N–H and O–H groups in total. The first-order chi connectivity index (χ1) is 7.61. The van der Waals surface area contributed by atoms with Crippen LogP contribution in [-0.4, -0.2) is 62.1 Å². The van der Waals surface area contributed by atoms with Crippen LogP contribution in [0.15, 0.2) is 0 Å². The average Bonchev–Trinajstić information content (AvgIpc) is 2.28. The second kappa shape index (κ2) is 6.19. The molecule has 0 radical (unpaired) electrons. The van der Waals surface area contributed by atoms with Gasteiger partial charge in [0.15, 0.2) is 0 Å². The Morgan fingerprint density at radius 1 is 0.875 bits per heavy atom. The van der Waals surface area contributed by atoms with Crippen molar-refractivity contribution in [1.82, 2.24) is 20.4 Å². The summed E-state index contributed by atoms with van der Waals surface area (Å²) in [6.45, 7) is 3.46. The van der Waals surface area contributed by atoms with Gasteiger partial charge < -0.3 is 20.4 Å². The Kier molecular flexibility index (Phi) is 4.88. The van der Waals surface area contributed by atoms with Crippen molar-refractivity contribution in [3.05, 3.63) is 0 Å². The van der Waals surface area contributed by atoms with Crippen molar-refractivity contribution in [2.24, 2.45) is 0 Å². The number of hydrogen-bond acceptors (Lipinski definition) is 2. The maximum Gasteiger partial charge on any atom is 0.317 e. The summed E-state index contributed by atoms with van der Waals surface area (Å²) in [7, 11) is 3.60. The Hall–Kier alpha value is -1.46. The summed E-state index contributed by atoms with van der Waals surface area (Å²) in [6, 6.07) is 0.104. The normalized spacial score (nSPS) is 20.6. The molecule has 0 atom stereocenters. The van der Waals surface area contributed by atoms with E-state index in [1.54, 1.807) is 23.9 Å². The predicted molar refractivity (Wildman–Crippen MR) is 61.3 cm³/mol. The highest BCUT2D eigenvalue weighted by Crippen LogP contribution is 1.93. The lowest BCUT2D eigenvalue weighted by molar-refractivity contribution is 0.198. The van der Waals surface area contributed by atoms with Gasteiger partial charge in [-0.3, -0.25) is 0 Å². The topological polar surface area (TPSA) is 64.7 Å². The third kappa shape index (κ3) is 3.96. The van der Waals surface area contributed by atoms with Crippen molar-refractivity contribution >= 4 is 12.1 Å². The first-order valence-corrected chi connectivity index (χ1v) is 5.59. The minimum atomic E-state index is 0.0521. The van der Waals surface area contributed by atoms with E-state index in [1.165, 1.54) is 0 Å². The van der Waals surface area contributed by atoms with Crippen molar-refractivity contribution in [3.63, 3.8) is 0 Å². The van der Waals surface area contributed by atoms with Gasteiger partial charge in [-0.1, -0.05) is 0 Å². The van der Waals surface area contributed by atoms with Crippen LogP contribution in [0.4, 0.5) is 9.59 Å². The zero-order chi connectivity index (χ0) is 12.0. The molecule has 0 saturated carbocycles. The van der Waals surface area contributed by atoms with E-state index in [0.717, 1.165) is 39.0 Å². The predicted octanol–water partition coefficient (Wildman–Crippen LogP) is 0.0630. The van der Waals surface area contributed by atoms with E-state index in [0.29, 0.717) is 0 Å². The monoisotopic (exact) mass is 228 g/mol. The van der Waals surface area contributed by atoms with E-state index in [2.05, 4.69) is 10.6 Å². The van der Waals surface area contributed by atoms with Crippen molar-refractivity contribution in [2.75, 3.05) is 40.3 Å². The Balaban J connectivity index is 0.000000160. The van der Waals surface area contributed by atoms with Gasteiger partial charge in [-0.15, -0.1) is 0 Å². The van der Waals surface area contributed by atoms with E-state index < -0.39 is 0 Å². The van der Waals surface area contributed by atoms with Gasteiger partial charge in [0.05, 0.1) is 0 Å². The number of amides is 4. The molecule has 4 amide bonds. The highest BCUT2D eigenvalue weighted by molar-refractivity contribution is 5.74. The minimum Gasteiger partial charge on any atom is -0.338 e. The summed E-state index contributed by atoms with van der Waals surface area (Å²) < 4.78 is 0. The molecule has 6 nitrogen and oxygen atoms in total. The lowest BCUT2D eigenvalue weighted by atomic mass is 10.3. The number of rotatable bonds is 0. The molecular formula is C10H20N4O2. The van der Waals surface area contributed by atoms with Gasteiger partial charge in [0.25, 0.3) is 0 Å². The lowest BCUT2D eigenvalue weighted by Crippen LogP contribution is -2.43. The van der Waals surface area contributed by atoms with Gasteiger partial charge in [0, 0.05) is 40.3 Å². The smallest absolute Gasteiger partial charge is 0.317 e. The molecule has 0 aromatic rings. The summed E-state index contributed by atoms with van der Waals surface area (Å²) in [4.78, 5) is 24.6. The summed E-state index contributed by atoms with van der Waals surface area (Å²) in [6.07, 6.45) is 2.14. The molecule has 0 aromatic heterocycles. The van der Waals surface area contributed by atoms with Crippen molar-refractivity contribution in [2.45, 2.75) is 12.8 Å². The van der Waals surface area contributed by atoms with Gasteiger partial charge in [0.2, 0.25) is 0 Å². The molecule has 0 bridgehead atoms. The largest absolute Gasteiger partial charge is 0.338 e. The molecule has 2 aliphatic heterocycles. The van der Waals surface area contributed by atoms with Gasteiger partial charge in [-0.25, -0.2) is 9.59 Å². The van der Waals surface area contributed by atoms with Crippen LogP contribution in [0, 0.1) is 0 Å². The van der Waals surface area contributed by atoms with Crippen molar-refractivity contribution in [1.29, 1.82) is 0 Å². The zero-order valence-electron chi connectivity index (χ0n) is 9.95. The average molecular weight is 228 g/mol. The molecule has 2 saturated heterocycles. The van der Waals surface area contributed by atoms with Crippen LogP contribution in [0.3, 0.4) is 0 Å². The van der Waals surface area contributed by atoms with Gasteiger partial charge in [0.1, 0.15) is 0 Å². The summed E-state index contributed by atoms with van der Waals surface area (Å²) in [5.74, 6) is 0. The van der Waals surface area contributed by atoms with E-state index in [4.69, 9.17) is 0 Å². The fourth-order valence-corrected chi connectivity index (χ4v) is 1.50. The molecule has 16 heavy (non-hydrogen) atoms. The molecule has 0 aliphatic carbocycles. The summed E-state index contributed by atoms with van der Waals surface area (Å²) in [5, 5.41) is 5.44. The standard InChI is InChI=1S/2C5H10N2O/c2*1-7-4-2-3-6-5(7)8/h2*2-4H2,1H3,(H,6,8). The van der Waals surface area contributed by atoms with E-state index in [9.17, 15) is 9.59 Å². The summed E-state index contributed by atoms with van der Waals surface area (Å²) in [5.41, 5.74) is 0. The molecule has 2 aliphatic rings. The molecule has 0 aromatic carbocycles.